The van der Waals surface area contributed by atoms with Gasteiger partial charge in [0.2, 0.25) is 5.91 Å². The average Bonchev–Trinajstić information content (AvgIpc) is 2.64. The summed E-state index contributed by atoms with van der Waals surface area (Å²) in [5.41, 5.74) is 2.17. The minimum atomic E-state index is 0.101. The van der Waals surface area contributed by atoms with E-state index in [1.165, 1.54) is 57.1 Å². The summed E-state index contributed by atoms with van der Waals surface area (Å²) in [5, 5.41) is 6.54. The second kappa shape index (κ2) is 9.07. The first-order valence-corrected chi connectivity index (χ1v) is 9.69. The summed E-state index contributed by atoms with van der Waals surface area (Å²) in [7, 11) is 0. The first-order chi connectivity index (χ1) is 11.8. The van der Waals surface area contributed by atoms with Crippen molar-refractivity contribution in [1.29, 1.82) is 0 Å². The summed E-state index contributed by atoms with van der Waals surface area (Å²) in [6.07, 6.45) is 11.0. The van der Waals surface area contributed by atoms with E-state index in [2.05, 4.69) is 27.7 Å². The molecule has 1 aliphatic carbocycles. The SMILES string of the molecule is O=C(CCNC1CCCCC1)Nc1ccc(N2CCCCC2)cc1. The molecule has 0 spiro atoms. The minimum absolute atomic E-state index is 0.101. The lowest BCUT2D eigenvalue weighted by atomic mass is 9.95. The zero-order valence-corrected chi connectivity index (χ0v) is 14.7. The standard InChI is InChI=1S/C20H31N3O/c24-20(13-14-21-17-7-3-1-4-8-17)22-18-9-11-19(12-10-18)23-15-5-2-6-16-23/h9-12,17,21H,1-8,13-16H2,(H,22,24). The molecule has 1 aromatic rings. The molecule has 132 valence electrons. The second-order valence-corrected chi connectivity index (χ2v) is 7.18. The molecule has 0 radical (unpaired) electrons. The van der Waals surface area contributed by atoms with Crippen molar-refractivity contribution >= 4 is 17.3 Å². The van der Waals surface area contributed by atoms with Crippen molar-refractivity contribution in [3.63, 3.8) is 0 Å². The summed E-state index contributed by atoms with van der Waals surface area (Å²) >= 11 is 0. The minimum Gasteiger partial charge on any atom is -0.372 e. The van der Waals surface area contributed by atoms with E-state index >= 15 is 0 Å². The molecule has 1 aromatic carbocycles. The molecule has 4 heteroatoms. The fourth-order valence-corrected chi connectivity index (χ4v) is 3.83. The highest BCUT2D eigenvalue weighted by molar-refractivity contribution is 5.91. The monoisotopic (exact) mass is 329 g/mol. The fraction of sp³-hybridized carbons (Fsp3) is 0.650. The van der Waals surface area contributed by atoms with Gasteiger partial charge in [-0.2, -0.15) is 0 Å². The van der Waals surface area contributed by atoms with Gasteiger partial charge in [0.1, 0.15) is 0 Å². The molecule has 2 aliphatic rings. The van der Waals surface area contributed by atoms with Crippen LogP contribution < -0.4 is 15.5 Å². The Kier molecular flexibility index (Phi) is 6.53. The van der Waals surface area contributed by atoms with Crippen LogP contribution in [0.25, 0.3) is 0 Å². The Hall–Kier alpha value is -1.55. The number of rotatable bonds is 6. The Morgan fingerprint density at radius 2 is 1.62 bits per heavy atom. The molecule has 0 aromatic heterocycles. The van der Waals surface area contributed by atoms with Crippen LogP contribution in [-0.4, -0.2) is 31.6 Å². The Balaban J connectivity index is 1.39. The number of piperidine rings is 1. The van der Waals surface area contributed by atoms with Gasteiger partial charge >= 0.3 is 0 Å². The van der Waals surface area contributed by atoms with E-state index in [-0.39, 0.29) is 5.91 Å². The molecule has 1 amide bonds. The van der Waals surface area contributed by atoms with Gasteiger partial charge in [-0.3, -0.25) is 4.79 Å². The molecule has 2 N–H and O–H groups in total. The van der Waals surface area contributed by atoms with Gasteiger partial charge in [-0.05, 0) is 56.4 Å². The molecular weight excluding hydrogens is 298 g/mol. The van der Waals surface area contributed by atoms with Gasteiger partial charge in [0.25, 0.3) is 0 Å². The van der Waals surface area contributed by atoms with E-state index in [1.807, 2.05) is 12.1 Å². The zero-order chi connectivity index (χ0) is 16.6. The molecule has 1 saturated carbocycles. The molecule has 0 atom stereocenters. The Bertz CT molecular complexity index is 502. The maximum Gasteiger partial charge on any atom is 0.225 e. The van der Waals surface area contributed by atoms with Crippen molar-refractivity contribution in [2.24, 2.45) is 0 Å². The van der Waals surface area contributed by atoms with Crippen LogP contribution in [0.15, 0.2) is 24.3 Å². The number of hydrogen-bond acceptors (Lipinski definition) is 3. The van der Waals surface area contributed by atoms with Gasteiger partial charge in [-0.25, -0.2) is 0 Å². The van der Waals surface area contributed by atoms with Crippen molar-refractivity contribution < 1.29 is 4.79 Å². The predicted octanol–water partition coefficient (Wildman–Crippen LogP) is 3.93. The van der Waals surface area contributed by atoms with Crippen LogP contribution >= 0.6 is 0 Å². The number of carbonyl (C=O) groups excluding carboxylic acids is 1. The van der Waals surface area contributed by atoms with Gasteiger partial charge in [0.05, 0.1) is 0 Å². The van der Waals surface area contributed by atoms with Crippen molar-refractivity contribution in [2.45, 2.75) is 63.8 Å². The summed E-state index contributed by atoms with van der Waals surface area (Å²) in [5.74, 6) is 0.101. The van der Waals surface area contributed by atoms with Crippen LogP contribution in [-0.2, 0) is 4.79 Å². The molecule has 2 fully saturated rings. The lowest BCUT2D eigenvalue weighted by molar-refractivity contribution is -0.116. The lowest BCUT2D eigenvalue weighted by Crippen LogP contribution is -2.33. The third-order valence-corrected chi connectivity index (χ3v) is 5.26. The maximum absolute atomic E-state index is 12.1. The van der Waals surface area contributed by atoms with Crippen molar-refractivity contribution in [3.8, 4) is 0 Å². The first kappa shape index (κ1) is 17.3. The molecule has 4 nitrogen and oxygen atoms in total. The molecular formula is C20H31N3O. The number of amides is 1. The number of nitrogens with one attached hydrogen (secondary N) is 2. The van der Waals surface area contributed by atoms with E-state index in [1.54, 1.807) is 0 Å². The molecule has 24 heavy (non-hydrogen) atoms. The zero-order valence-electron chi connectivity index (χ0n) is 14.7. The Labute approximate surface area is 146 Å². The molecule has 0 bridgehead atoms. The predicted molar refractivity (Wildman–Crippen MR) is 101 cm³/mol. The molecule has 1 saturated heterocycles. The van der Waals surface area contributed by atoms with Gasteiger partial charge < -0.3 is 15.5 Å². The topological polar surface area (TPSA) is 44.4 Å². The van der Waals surface area contributed by atoms with Crippen molar-refractivity contribution in [1.82, 2.24) is 5.32 Å². The summed E-state index contributed by atoms with van der Waals surface area (Å²) in [6, 6.07) is 8.92. The van der Waals surface area contributed by atoms with Crippen LogP contribution in [0.4, 0.5) is 11.4 Å². The van der Waals surface area contributed by atoms with E-state index in [0.717, 1.165) is 25.3 Å². The lowest BCUT2D eigenvalue weighted by Gasteiger charge is -2.28. The second-order valence-electron chi connectivity index (χ2n) is 7.18. The number of nitrogens with zero attached hydrogens (tertiary/aromatic N) is 1. The molecule has 3 rings (SSSR count). The van der Waals surface area contributed by atoms with Crippen LogP contribution in [0.2, 0.25) is 0 Å². The number of anilines is 2. The highest BCUT2D eigenvalue weighted by atomic mass is 16.1. The summed E-state index contributed by atoms with van der Waals surface area (Å²) in [4.78, 5) is 14.5. The van der Waals surface area contributed by atoms with Crippen LogP contribution in [0.1, 0.15) is 57.8 Å². The third kappa shape index (κ3) is 5.23. The third-order valence-electron chi connectivity index (χ3n) is 5.26. The van der Waals surface area contributed by atoms with E-state index in [4.69, 9.17) is 0 Å². The van der Waals surface area contributed by atoms with E-state index < -0.39 is 0 Å². The Morgan fingerprint density at radius 1 is 0.958 bits per heavy atom. The van der Waals surface area contributed by atoms with E-state index in [0.29, 0.717) is 12.5 Å². The molecule has 1 heterocycles. The number of benzene rings is 1. The average molecular weight is 329 g/mol. The summed E-state index contributed by atoms with van der Waals surface area (Å²) < 4.78 is 0. The molecule has 1 aliphatic heterocycles. The van der Waals surface area contributed by atoms with Crippen molar-refractivity contribution in [2.75, 3.05) is 29.9 Å². The maximum atomic E-state index is 12.1. The van der Waals surface area contributed by atoms with Gasteiger partial charge in [0.15, 0.2) is 0 Å². The number of carbonyl (C=O) groups is 1. The van der Waals surface area contributed by atoms with Crippen molar-refractivity contribution in [3.05, 3.63) is 24.3 Å². The molecule has 0 unspecified atom stereocenters. The van der Waals surface area contributed by atoms with Crippen LogP contribution in [0, 0.1) is 0 Å². The smallest absolute Gasteiger partial charge is 0.225 e. The van der Waals surface area contributed by atoms with Crippen LogP contribution in [0.5, 0.6) is 0 Å². The Morgan fingerprint density at radius 3 is 2.33 bits per heavy atom. The first-order valence-electron chi connectivity index (χ1n) is 9.69. The number of hydrogen-bond donors (Lipinski definition) is 2. The highest BCUT2D eigenvalue weighted by Crippen LogP contribution is 2.22. The van der Waals surface area contributed by atoms with Gasteiger partial charge in [-0.15, -0.1) is 0 Å². The van der Waals surface area contributed by atoms with Crippen LogP contribution in [0.3, 0.4) is 0 Å². The highest BCUT2D eigenvalue weighted by Gasteiger charge is 2.13. The van der Waals surface area contributed by atoms with Gasteiger partial charge in [-0.1, -0.05) is 19.3 Å². The largest absolute Gasteiger partial charge is 0.372 e. The quantitative estimate of drug-likeness (QED) is 0.831. The van der Waals surface area contributed by atoms with E-state index in [9.17, 15) is 4.79 Å². The van der Waals surface area contributed by atoms with Gasteiger partial charge in [0, 0.05) is 43.5 Å². The normalized spacial score (nSPS) is 19.2. The fourth-order valence-electron chi connectivity index (χ4n) is 3.83. The summed E-state index contributed by atoms with van der Waals surface area (Å²) in [6.45, 7) is 3.08.